The van der Waals surface area contributed by atoms with E-state index in [4.69, 9.17) is 0 Å². The van der Waals surface area contributed by atoms with E-state index >= 15 is 0 Å². The predicted octanol–water partition coefficient (Wildman–Crippen LogP) is 4.88. The Bertz CT molecular complexity index is 471. The van der Waals surface area contributed by atoms with Crippen LogP contribution in [-0.2, 0) is 5.75 Å². The molecule has 82 valence electrons. The molecule has 0 spiro atoms. The van der Waals surface area contributed by atoms with E-state index in [1.165, 1.54) is 11.0 Å². The number of benzene rings is 2. The Morgan fingerprint density at radius 2 is 1.75 bits per heavy atom. The summed E-state index contributed by atoms with van der Waals surface area (Å²) in [5.41, 5.74) is 0.980. The molecule has 2 aromatic carbocycles. The fourth-order valence-corrected chi connectivity index (χ4v) is 2.84. The Morgan fingerprint density at radius 3 is 2.50 bits per heavy atom. The summed E-state index contributed by atoms with van der Waals surface area (Å²) >= 11 is 4.97. The zero-order chi connectivity index (χ0) is 11.4. The summed E-state index contributed by atoms with van der Waals surface area (Å²) in [6.07, 6.45) is 0. The van der Waals surface area contributed by atoms with Crippen molar-refractivity contribution in [3.8, 4) is 0 Å². The van der Waals surface area contributed by atoms with Crippen LogP contribution in [0.15, 0.2) is 57.9 Å². The minimum absolute atomic E-state index is 0.203. The second-order valence-corrected chi connectivity index (χ2v) is 5.16. The van der Waals surface area contributed by atoms with Crippen molar-refractivity contribution in [2.45, 2.75) is 10.6 Å². The zero-order valence-electron chi connectivity index (χ0n) is 8.49. The summed E-state index contributed by atoms with van der Waals surface area (Å²) in [7, 11) is 0. The van der Waals surface area contributed by atoms with Crippen LogP contribution >= 0.6 is 27.7 Å². The van der Waals surface area contributed by atoms with E-state index in [0.29, 0.717) is 4.47 Å². The highest BCUT2D eigenvalue weighted by molar-refractivity contribution is 9.10. The molecule has 0 unspecified atom stereocenters. The molecule has 0 saturated carbocycles. The minimum atomic E-state index is -0.203. The largest absolute Gasteiger partial charge is 0.206 e. The summed E-state index contributed by atoms with van der Waals surface area (Å²) in [6.45, 7) is 0. The minimum Gasteiger partial charge on any atom is -0.206 e. The van der Waals surface area contributed by atoms with Crippen molar-refractivity contribution in [3.05, 3.63) is 64.4 Å². The molecule has 0 aliphatic heterocycles. The van der Waals surface area contributed by atoms with Gasteiger partial charge in [0, 0.05) is 10.6 Å². The summed E-state index contributed by atoms with van der Waals surface area (Å²) in [5, 5.41) is 0. The second-order valence-electron chi connectivity index (χ2n) is 3.31. The molecule has 2 rings (SSSR count). The average molecular weight is 297 g/mol. The topological polar surface area (TPSA) is 0 Å². The lowest BCUT2D eigenvalue weighted by Crippen LogP contribution is -1.86. The van der Waals surface area contributed by atoms with Crippen LogP contribution in [0.1, 0.15) is 5.56 Å². The van der Waals surface area contributed by atoms with Gasteiger partial charge < -0.3 is 0 Å². The number of hydrogen-bond acceptors (Lipinski definition) is 1. The van der Waals surface area contributed by atoms with E-state index in [1.54, 1.807) is 17.8 Å². The lowest BCUT2D eigenvalue weighted by molar-refractivity contribution is 0.619. The highest BCUT2D eigenvalue weighted by atomic mass is 79.9. The Morgan fingerprint density at radius 1 is 1.00 bits per heavy atom. The van der Waals surface area contributed by atoms with E-state index in [1.807, 2.05) is 24.3 Å². The van der Waals surface area contributed by atoms with Crippen LogP contribution in [0.25, 0.3) is 0 Å². The number of rotatable bonds is 3. The van der Waals surface area contributed by atoms with Gasteiger partial charge in [-0.3, -0.25) is 0 Å². The van der Waals surface area contributed by atoms with Crippen molar-refractivity contribution in [1.29, 1.82) is 0 Å². The number of halogens is 2. The first kappa shape index (κ1) is 11.7. The van der Waals surface area contributed by atoms with Crippen molar-refractivity contribution < 1.29 is 4.39 Å². The molecular weight excluding hydrogens is 287 g/mol. The SMILES string of the molecule is Fc1cccc(CSc2ccccc2)c1Br. The smallest absolute Gasteiger partial charge is 0.137 e. The van der Waals surface area contributed by atoms with Gasteiger partial charge in [0.15, 0.2) is 0 Å². The Labute approximate surface area is 107 Å². The Hall–Kier alpha value is -0.800. The lowest BCUT2D eigenvalue weighted by atomic mass is 10.2. The molecule has 0 atom stereocenters. The molecule has 0 bridgehead atoms. The van der Waals surface area contributed by atoms with Crippen molar-refractivity contribution in [2.24, 2.45) is 0 Å². The summed E-state index contributed by atoms with van der Waals surface area (Å²) < 4.78 is 13.8. The summed E-state index contributed by atoms with van der Waals surface area (Å²) in [6, 6.07) is 15.2. The maximum atomic E-state index is 13.2. The quantitative estimate of drug-likeness (QED) is 0.728. The van der Waals surface area contributed by atoms with Crippen LogP contribution in [-0.4, -0.2) is 0 Å². The van der Waals surface area contributed by atoms with Gasteiger partial charge in [-0.1, -0.05) is 30.3 Å². The highest BCUT2D eigenvalue weighted by Crippen LogP contribution is 2.28. The third-order valence-electron chi connectivity index (χ3n) is 2.17. The fraction of sp³-hybridized carbons (Fsp3) is 0.0769. The van der Waals surface area contributed by atoms with Gasteiger partial charge in [0.05, 0.1) is 4.47 Å². The third kappa shape index (κ3) is 2.86. The highest BCUT2D eigenvalue weighted by Gasteiger charge is 2.05. The third-order valence-corrected chi connectivity index (χ3v) is 4.12. The number of hydrogen-bond donors (Lipinski definition) is 0. The van der Waals surface area contributed by atoms with Crippen molar-refractivity contribution in [3.63, 3.8) is 0 Å². The van der Waals surface area contributed by atoms with Gasteiger partial charge in [0.2, 0.25) is 0 Å². The van der Waals surface area contributed by atoms with Crippen LogP contribution < -0.4 is 0 Å². The molecule has 0 N–H and O–H groups in total. The second kappa shape index (κ2) is 5.51. The van der Waals surface area contributed by atoms with Crippen molar-refractivity contribution >= 4 is 27.7 Å². The lowest BCUT2D eigenvalue weighted by Gasteiger charge is -2.05. The van der Waals surface area contributed by atoms with Gasteiger partial charge in [-0.25, -0.2) is 4.39 Å². The first-order valence-electron chi connectivity index (χ1n) is 4.88. The molecule has 0 heterocycles. The van der Waals surface area contributed by atoms with E-state index in [-0.39, 0.29) is 5.82 Å². The van der Waals surface area contributed by atoms with Crippen LogP contribution in [0, 0.1) is 5.82 Å². The molecule has 0 fully saturated rings. The van der Waals surface area contributed by atoms with E-state index in [0.717, 1.165) is 11.3 Å². The van der Waals surface area contributed by atoms with Gasteiger partial charge >= 0.3 is 0 Å². The molecule has 0 amide bonds. The van der Waals surface area contributed by atoms with E-state index in [2.05, 4.69) is 28.1 Å². The normalized spacial score (nSPS) is 10.4. The van der Waals surface area contributed by atoms with Crippen molar-refractivity contribution in [2.75, 3.05) is 0 Å². The Kier molecular flexibility index (Phi) is 4.02. The molecule has 0 aliphatic rings. The van der Waals surface area contributed by atoms with Crippen molar-refractivity contribution in [1.82, 2.24) is 0 Å². The maximum Gasteiger partial charge on any atom is 0.137 e. The van der Waals surface area contributed by atoms with Crippen LogP contribution in [0.5, 0.6) is 0 Å². The molecule has 0 nitrogen and oxygen atoms in total. The van der Waals surface area contributed by atoms with Crippen LogP contribution in [0.3, 0.4) is 0 Å². The standard InChI is InChI=1S/C13H10BrFS/c14-13-10(5-4-8-12(13)15)9-16-11-6-2-1-3-7-11/h1-8H,9H2. The summed E-state index contributed by atoms with van der Waals surface area (Å²) in [4.78, 5) is 1.19. The van der Waals surface area contributed by atoms with Gasteiger partial charge in [-0.05, 0) is 39.7 Å². The van der Waals surface area contributed by atoms with E-state index in [9.17, 15) is 4.39 Å². The van der Waals surface area contributed by atoms with Gasteiger partial charge in [-0.2, -0.15) is 0 Å². The average Bonchev–Trinajstić information content (AvgIpc) is 2.32. The monoisotopic (exact) mass is 296 g/mol. The molecule has 0 saturated heterocycles. The molecule has 3 heteroatoms. The molecule has 16 heavy (non-hydrogen) atoms. The fourth-order valence-electron chi connectivity index (χ4n) is 1.34. The summed E-state index contributed by atoms with van der Waals surface area (Å²) in [5.74, 6) is 0.564. The van der Waals surface area contributed by atoms with Gasteiger partial charge in [0.1, 0.15) is 5.82 Å². The Balaban J connectivity index is 2.08. The first-order chi connectivity index (χ1) is 7.77. The van der Waals surface area contributed by atoms with E-state index < -0.39 is 0 Å². The molecular formula is C13H10BrFS. The first-order valence-corrected chi connectivity index (χ1v) is 6.66. The molecule has 2 aromatic rings. The molecule has 0 aliphatic carbocycles. The van der Waals surface area contributed by atoms with Crippen LogP contribution in [0.4, 0.5) is 4.39 Å². The molecule has 0 radical (unpaired) electrons. The van der Waals surface area contributed by atoms with Gasteiger partial charge in [0.25, 0.3) is 0 Å². The number of thioether (sulfide) groups is 1. The maximum absolute atomic E-state index is 13.2. The predicted molar refractivity (Wildman–Crippen MR) is 70.1 cm³/mol. The van der Waals surface area contributed by atoms with Gasteiger partial charge in [-0.15, -0.1) is 11.8 Å². The zero-order valence-corrected chi connectivity index (χ0v) is 10.9. The molecule has 0 aromatic heterocycles. The van der Waals surface area contributed by atoms with Crippen LogP contribution in [0.2, 0.25) is 0 Å².